The second kappa shape index (κ2) is 9.24. The molecule has 4 aromatic rings. The van der Waals surface area contributed by atoms with Crippen LogP contribution in [-0.4, -0.2) is 12.2 Å². The molecule has 1 aromatic heterocycles. The Morgan fingerprint density at radius 3 is 2.46 bits per heavy atom. The third-order valence-corrected chi connectivity index (χ3v) is 8.40. The van der Waals surface area contributed by atoms with Gasteiger partial charge in [-0.3, -0.25) is 0 Å². The van der Waals surface area contributed by atoms with Crippen molar-refractivity contribution in [3.8, 4) is 11.1 Å². The topological polar surface area (TPSA) is 13.1 Å². The van der Waals surface area contributed by atoms with Gasteiger partial charge in [-0.05, 0) is 42.8 Å². The average Bonchev–Trinajstić information content (AvgIpc) is 2.97. The van der Waals surface area contributed by atoms with Crippen molar-refractivity contribution in [3.63, 3.8) is 0 Å². The molecule has 0 radical (unpaired) electrons. The normalized spacial score (nSPS) is 25.2. The molecule has 1 aliphatic heterocycles. The molecule has 180 valence electrons. The number of hydrogen-bond donors (Lipinski definition) is 0. The van der Waals surface area contributed by atoms with Gasteiger partial charge in [0.05, 0.1) is 16.9 Å². The summed E-state index contributed by atoms with van der Waals surface area (Å²) >= 11 is 0. The molecule has 1 aliphatic rings. The Hall–Kier alpha value is -2.97. The first-order valence-electron chi connectivity index (χ1n) is 13.1. The van der Waals surface area contributed by atoms with E-state index in [-0.39, 0.29) is 23.7 Å². The van der Waals surface area contributed by atoms with E-state index >= 15 is 0 Å². The Morgan fingerprint density at radius 2 is 1.74 bits per heavy atom. The lowest BCUT2D eigenvalue weighted by Gasteiger charge is -2.38. The fourth-order valence-corrected chi connectivity index (χ4v) is 6.38. The minimum atomic E-state index is 0.0115. The highest BCUT2D eigenvalue weighted by Crippen LogP contribution is 2.46. The van der Waals surface area contributed by atoms with E-state index in [1.54, 1.807) is 0 Å². The number of pyridine rings is 1. The first-order chi connectivity index (χ1) is 16.9. The van der Waals surface area contributed by atoms with Gasteiger partial charge in [-0.2, -0.15) is 4.57 Å². The van der Waals surface area contributed by atoms with Gasteiger partial charge in [0.2, 0.25) is 5.52 Å². The van der Waals surface area contributed by atoms with Crippen LogP contribution in [0.3, 0.4) is 0 Å². The van der Waals surface area contributed by atoms with Crippen LogP contribution in [0.15, 0.2) is 85.5 Å². The lowest BCUT2D eigenvalue weighted by molar-refractivity contribution is -0.710. The molecule has 2 heterocycles. The lowest BCUT2D eigenvalue weighted by Crippen LogP contribution is -2.52. The van der Waals surface area contributed by atoms with Gasteiger partial charge in [-0.15, -0.1) is 6.58 Å². The Morgan fingerprint density at radius 1 is 1.03 bits per heavy atom. The zero-order valence-electron chi connectivity index (χ0n) is 21.8. The number of aromatic nitrogens is 1. The lowest BCUT2D eigenvalue weighted by atomic mass is 9.73. The largest absolute Gasteiger partial charge is 0.364 e. The summed E-state index contributed by atoms with van der Waals surface area (Å²) in [6, 6.07) is 26.9. The second-order valence-corrected chi connectivity index (χ2v) is 10.8. The summed E-state index contributed by atoms with van der Waals surface area (Å²) in [6.07, 6.45) is 4.19. The molecular weight excluding hydrogens is 426 g/mol. The zero-order valence-corrected chi connectivity index (χ0v) is 21.8. The third-order valence-electron chi connectivity index (χ3n) is 8.40. The van der Waals surface area contributed by atoms with E-state index in [4.69, 9.17) is 4.74 Å². The zero-order chi connectivity index (χ0) is 24.7. The molecule has 35 heavy (non-hydrogen) atoms. The number of ether oxygens (including phenoxy) is 1. The quantitative estimate of drug-likeness (QED) is 0.164. The van der Waals surface area contributed by atoms with Gasteiger partial charge in [0.1, 0.15) is 6.10 Å². The van der Waals surface area contributed by atoms with E-state index in [0.29, 0.717) is 5.92 Å². The molecule has 0 spiro atoms. The summed E-state index contributed by atoms with van der Waals surface area (Å²) in [5, 5.41) is 3.88. The molecule has 0 fully saturated rings. The van der Waals surface area contributed by atoms with Crippen LogP contribution in [0.25, 0.3) is 32.8 Å². The van der Waals surface area contributed by atoms with Crippen LogP contribution in [-0.2, 0) is 4.74 Å². The van der Waals surface area contributed by atoms with E-state index in [0.717, 1.165) is 12.8 Å². The van der Waals surface area contributed by atoms with E-state index in [2.05, 4.69) is 119 Å². The highest BCUT2D eigenvalue weighted by atomic mass is 16.5. The van der Waals surface area contributed by atoms with E-state index in [1.165, 1.54) is 38.5 Å². The number of nitrogens with zero attached hydrogens (tertiary/aromatic N) is 1. The summed E-state index contributed by atoms with van der Waals surface area (Å²) < 4.78 is 9.40. The predicted octanol–water partition coefficient (Wildman–Crippen LogP) is 8.39. The van der Waals surface area contributed by atoms with Gasteiger partial charge >= 0.3 is 0 Å². The maximum atomic E-state index is 6.78. The Balaban J connectivity index is 1.89. The maximum absolute atomic E-state index is 6.78. The average molecular weight is 465 g/mol. The van der Waals surface area contributed by atoms with Crippen molar-refractivity contribution < 1.29 is 9.30 Å². The first kappa shape index (κ1) is 23.8. The number of hydrogen-bond acceptors (Lipinski definition) is 1. The Kier molecular flexibility index (Phi) is 6.27. The first-order valence-corrected chi connectivity index (χ1v) is 13.1. The summed E-state index contributed by atoms with van der Waals surface area (Å²) in [7, 11) is 0. The third kappa shape index (κ3) is 3.98. The van der Waals surface area contributed by atoms with Crippen LogP contribution < -0.4 is 4.57 Å². The Bertz CT molecular complexity index is 1370. The fourth-order valence-electron chi connectivity index (χ4n) is 6.38. The predicted molar refractivity (Wildman–Crippen MR) is 148 cm³/mol. The molecule has 0 N–H and O–H groups in total. The minimum absolute atomic E-state index is 0.0115. The molecule has 3 aromatic carbocycles. The number of rotatable bonds is 5. The van der Waals surface area contributed by atoms with Gasteiger partial charge in [0, 0.05) is 29.9 Å². The summed E-state index contributed by atoms with van der Waals surface area (Å²) in [5.74, 6) is 0.404. The van der Waals surface area contributed by atoms with E-state index < -0.39 is 0 Å². The molecule has 0 saturated carbocycles. The maximum Gasteiger partial charge on any atom is 0.221 e. The van der Waals surface area contributed by atoms with Gasteiger partial charge in [-0.1, -0.05) is 81.4 Å². The second-order valence-electron chi connectivity index (χ2n) is 10.8. The van der Waals surface area contributed by atoms with Crippen molar-refractivity contribution in [3.05, 3.63) is 91.1 Å². The van der Waals surface area contributed by atoms with Crippen LogP contribution in [0.4, 0.5) is 0 Å². The van der Waals surface area contributed by atoms with Crippen LogP contribution >= 0.6 is 0 Å². The summed E-state index contributed by atoms with van der Waals surface area (Å²) in [5.41, 5.74) is 5.36. The monoisotopic (exact) mass is 464 g/mol. The molecule has 0 saturated heterocycles. The highest BCUT2D eigenvalue weighted by Gasteiger charge is 2.48. The van der Waals surface area contributed by atoms with Gasteiger partial charge < -0.3 is 4.74 Å². The van der Waals surface area contributed by atoms with Crippen molar-refractivity contribution >= 4 is 21.7 Å². The molecule has 0 bridgehead atoms. The minimum Gasteiger partial charge on any atom is -0.364 e. The molecule has 2 heteroatoms. The number of benzene rings is 3. The van der Waals surface area contributed by atoms with Crippen molar-refractivity contribution in [2.75, 3.05) is 0 Å². The standard InChI is InChI=1S/C33H38NO/c1-7-23(4)35-32-24(5)34-30(22(3)21-33(32,6)8-2)20-29(25-14-10-9-11-15-25)28-19-18-26-16-12-13-17-27(26)31(28)34/h7,9-20,22-24,32H,1,8,21H2,2-6H3/q+1. The van der Waals surface area contributed by atoms with Crippen molar-refractivity contribution in [1.82, 2.24) is 0 Å². The molecule has 2 nitrogen and oxygen atoms in total. The van der Waals surface area contributed by atoms with Crippen LogP contribution in [0.2, 0.25) is 0 Å². The van der Waals surface area contributed by atoms with Crippen LogP contribution in [0.1, 0.15) is 65.1 Å². The molecule has 0 aliphatic carbocycles. The van der Waals surface area contributed by atoms with E-state index in [9.17, 15) is 0 Å². The van der Waals surface area contributed by atoms with Gasteiger partial charge in [0.25, 0.3) is 0 Å². The number of fused-ring (bicyclic) bond motifs is 5. The molecule has 5 rings (SSSR count). The highest BCUT2D eigenvalue weighted by molar-refractivity contribution is 6.08. The van der Waals surface area contributed by atoms with Crippen molar-refractivity contribution in [2.24, 2.45) is 5.41 Å². The van der Waals surface area contributed by atoms with E-state index in [1.807, 2.05) is 6.08 Å². The molecule has 5 unspecified atom stereocenters. The van der Waals surface area contributed by atoms with Crippen LogP contribution in [0, 0.1) is 5.41 Å². The summed E-state index contributed by atoms with van der Waals surface area (Å²) in [4.78, 5) is 0. The van der Waals surface area contributed by atoms with Gasteiger partial charge in [-0.25, -0.2) is 0 Å². The summed E-state index contributed by atoms with van der Waals surface area (Å²) in [6.45, 7) is 15.6. The molecule has 5 atom stereocenters. The molecule has 0 amide bonds. The van der Waals surface area contributed by atoms with Crippen molar-refractivity contribution in [2.45, 2.75) is 71.6 Å². The SMILES string of the molecule is C=CC(C)OC1C(C)[n+]2c(cc(-c3ccccc3)c3ccc4ccccc4c32)C(C)CC1(C)CC. The van der Waals surface area contributed by atoms with Crippen LogP contribution in [0.5, 0.6) is 0 Å². The van der Waals surface area contributed by atoms with Crippen molar-refractivity contribution in [1.29, 1.82) is 0 Å². The Labute approximate surface area is 210 Å². The van der Waals surface area contributed by atoms with Gasteiger partial charge in [0.15, 0.2) is 11.7 Å². The fraction of sp³-hybridized carbons (Fsp3) is 0.364. The smallest absolute Gasteiger partial charge is 0.221 e. The molecular formula is C33H38NO+.